The molecule has 0 saturated heterocycles. The van der Waals surface area contributed by atoms with Crippen molar-refractivity contribution in [3.8, 4) is 0 Å². The standard InChI is InChI=1S/C14H19NO3/c1-9-6-11(7-10(2)12(9)8-16)15-13(17)18-14(3,4)5/h6-8H,1-5H3,(H,15,17). The van der Waals surface area contributed by atoms with Crippen LogP contribution in [0.4, 0.5) is 10.5 Å². The summed E-state index contributed by atoms with van der Waals surface area (Å²) in [4.78, 5) is 22.5. The smallest absolute Gasteiger partial charge is 0.412 e. The maximum Gasteiger partial charge on any atom is 0.412 e. The molecule has 0 spiro atoms. The van der Waals surface area contributed by atoms with Crippen molar-refractivity contribution in [3.63, 3.8) is 0 Å². The molecule has 1 rings (SSSR count). The van der Waals surface area contributed by atoms with Gasteiger partial charge in [-0.05, 0) is 57.9 Å². The lowest BCUT2D eigenvalue weighted by Gasteiger charge is -2.20. The van der Waals surface area contributed by atoms with E-state index in [1.54, 1.807) is 32.9 Å². The first kappa shape index (κ1) is 14.2. The van der Waals surface area contributed by atoms with Gasteiger partial charge in [0, 0.05) is 11.3 Å². The molecule has 0 fully saturated rings. The van der Waals surface area contributed by atoms with Crippen LogP contribution in [-0.4, -0.2) is 18.0 Å². The van der Waals surface area contributed by atoms with E-state index in [2.05, 4.69) is 5.32 Å². The molecule has 0 aliphatic heterocycles. The minimum atomic E-state index is -0.531. The van der Waals surface area contributed by atoms with Crippen LogP contribution in [0, 0.1) is 13.8 Å². The van der Waals surface area contributed by atoms with Crippen LogP contribution < -0.4 is 5.32 Å². The summed E-state index contributed by atoms with van der Waals surface area (Å²) in [5.74, 6) is 0. The molecule has 1 amide bonds. The summed E-state index contributed by atoms with van der Waals surface area (Å²) in [6, 6.07) is 3.50. The lowest BCUT2D eigenvalue weighted by molar-refractivity contribution is 0.0636. The Bertz CT molecular complexity index is 449. The fourth-order valence-electron chi connectivity index (χ4n) is 1.65. The molecular formula is C14H19NO3. The molecule has 18 heavy (non-hydrogen) atoms. The fraction of sp³-hybridized carbons (Fsp3) is 0.429. The van der Waals surface area contributed by atoms with Gasteiger partial charge >= 0.3 is 6.09 Å². The number of aldehydes is 1. The molecule has 0 aromatic heterocycles. The Labute approximate surface area is 107 Å². The van der Waals surface area contributed by atoms with Crippen molar-refractivity contribution in [3.05, 3.63) is 28.8 Å². The van der Waals surface area contributed by atoms with E-state index in [0.717, 1.165) is 17.4 Å². The number of anilines is 1. The Morgan fingerprint density at radius 3 is 2.11 bits per heavy atom. The van der Waals surface area contributed by atoms with Crippen LogP contribution in [-0.2, 0) is 4.74 Å². The van der Waals surface area contributed by atoms with Crippen molar-refractivity contribution >= 4 is 18.1 Å². The summed E-state index contributed by atoms with van der Waals surface area (Å²) in [5, 5.41) is 2.65. The summed E-state index contributed by atoms with van der Waals surface area (Å²) in [6.07, 6.45) is 0.321. The van der Waals surface area contributed by atoms with Crippen LogP contribution >= 0.6 is 0 Å². The minimum absolute atomic E-state index is 0.500. The lowest BCUT2D eigenvalue weighted by Crippen LogP contribution is -2.27. The maximum atomic E-state index is 11.6. The third kappa shape index (κ3) is 3.87. The van der Waals surface area contributed by atoms with E-state index >= 15 is 0 Å². The lowest BCUT2D eigenvalue weighted by atomic mass is 10.0. The van der Waals surface area contributed by atoms with Crippen LogP contribution in [0.5, 0.6) is 0 Å². The second-order valence-electron chi connectivity index (χ2n) is 5.27. The molecule has 0 radical (unpaired) electrons. The number of ether oxygens (including phenoxy) is 1. The van der Waals surface area contributed by atoms with Crippen molar-refractivity contribution in [2.24, 2.45) is 0 Å². The Balaban J connectivity index is 2.87. The predicted molar refractivity (Wildman–Crippen MR) is 71.2 cm³/mol. The molecule has 4 nitrogen and oxygen atoms in total. The number of benzene rings is 1. The highest BCUT2D eigenvalue weighted by molar-refractivity contribution is 5.87. The summed E-state index contributed by atoms with van der Waals surface area (Å²) in [6.45, 7) is 9.07. The molecule has 0 atom stereocenters. The largest absolute Gasteiger partial charge is 0.444 e. The van der Waals surface area contributed by atoms with Crippen molar-refractivity contribution in [2.75, 3.05) is 5.32 Å². The zero-order valence-electron chi connectivity index (χ0n) is 11.5. The van der Waals surface area contributed by atoms with Gasteiger partial charge in [-0.3, -0.25) is 10.1 Å². The van der Waals surface area contributed by atoms with Crippen molar-refractivity contribution < 1.29 is 14.3 Å². The van der Waals surface area contributed by atoms with E-state index in [-0.39, 0.29) is 0 Å². The first-order chi connectivity index (χ1) is 8.23. The molecule has 0 unspecified atom stereocenters. The van der Waals surface area contributed by atoms with Crippen LogP contribution in [0.15, 0.2) is 12.1 Å². The molecule has 0 aliphatic carbocycles. The van der Waals surface area contributed by atoms with E-state index < -0.39 is 11.7 Å². The maximum absolute atomic E-state index is 11.6. The van der Waals surface area contributed by atoms with Crippen molar-refractivity contribution in [2.45, 2.75) is 40.2 Å². The number of nitrogens with one attached hydrogen (secondary N) is 1. The second-order valence-corrected chi connectivity index (χ2v) is 5.27. The highest BCUT2D eigenvalue weighted by atomic mass is 16.6. The molecule has 0 heterocycles. The van der Waals surface area contributed by atoms with E-state index in [1.807, 2.05) is 13.8 Å². The monoisotopic (exact) mass is 249 g/mol. The van der Waals surface area contributed by atoms with Crippen LogP contribution in [0.2, 0.25) is 0 Å². The first-order valence-electron chi connectivity index (χ1n) is 5.79. The Hall–Kier alpha value is -1.84. The molecule has 0 aliphatic rings. The third-order valence-electron chi connectivity index (χ3n) is 2.36. The molecule has 1 aromatic carbocycles. The average molecular weight is 249 g/mol. The fourth-order valence-corrected chi connectivity index (χ4v) is 1.65. The summed E-state index contributed by atoms with van der Waals surface area (Å²) in [5.41, 5.74) is 2.42. The van der Waals surface area contributed by atoms with E-state index in [0.29, 0.717) is 11.3 Å². The molecular weight excluding hydrogens is 230 g/mol. The number of amides is 1. The normalized spacial score (nSPS) is 10.9. The Kier molecular flexibility index (Phi) is 4.11. The van der Waals surface area contributed by atoms with Crippen LogP contribution in [0.25, 0.3) is 0 Å². The topological polar surface area (TPSA) is 55.4 Å². The summed E-state index contributed by atoms with van der Waals surface area (Å²) >= 11 is 0. The van der Waals surface area contributed by atoms with Gasteiger partial charge in [0.05, 0.1) is 0 Å². The van der Waals surface area contributed by atoms with Gasteiger partial charge in [0.25, 0.3) is 0 Å². The van der Waals surface area contributed by atoms with Gasteiger partial charge in [-0.15, -0.1) is 0 Å². The van der Waals surface area contributed by atoms with Crippen molar-refractivity contribution in [1.29, 1.82) is 0 Å². The van der Waals surface area contributed by atoms with Gasteiger partial charge in [-0.1, -0.05) is 0 Å². The first-order valence-corrected chi connectivity index (χ1v) is 5.79. The number of carbonyl (C=O) groups is 2. The molecule has 1 aromatic rings. The van der Waals surface area contributed by atoms with Gasteiger partial charge in [0.15, 0.2) is 6.29 Å². The number of hydrogen-bond donors (Lipinski definition) is 1. The van der Waals surface area contributed by atoms with E-state index in [4.69, 9.17) is 4.74 Å². The number of rotatable bonds is 2. The molecule has 98 valence electrons. The van der Waals surface area contributed by atoms with Crippen LogP contribution in [0.3, 0.4) is 0 Å². The van der Waals surface area contributed by atoms with E-state index in [9.17, 15) is 9.59 Å². The van der Waals surface area contributed by atoms with Gasteiger partial charge in [-0.25, -0.2) is 4.79 Å². The number of hydrogen-bond acceptors (Lipinski definition) is 3. The Morgan fingerprint density at radius 2 is 1.72 bits per heavy atom. The summed E-state index contributed by atoms with van der Waals surface area (Å²) < 4.78 is 5.16. The molecule has 1 N–H and O–H groups in total. The van der Waals surface area contributed by atoms with Gasteiger partial charge in [0.1, 0.15) is 5.60 Å². The van der Waals surface area contributed by atoms with Gasteiger partial charge < -0.3 is 4.74 Å². The number of aryl methyl sites for hydroxylation is 2. The third-order valence-corrected chi connectivity index (χ3v) is 2.36. The SMILES string of the molecule is Cc1cc(NC(=O)OC(C)(C)C)cc(C)c1C=O. The molecule has 4 heteroatoms. The van der Waals surface area contributed by atoms with Crippen molar-refractivity contribution in [1.82, 2.24) is 0 Å². The summed E-state index contributed by atoms with van der Waals surface area (Å²) in [7, 11) is 0. The highest BCUT2D eigenvalue weighted by Gasteiger charge is 2.16. The predicted octanol–water partition coefficient (Wildman–Crippen LogP) is 3.46. The second kappa shape index (κ2) is 5.21. The zero-order chi connectivity index (χ0) is 13.9. The average Bonchev–Trinajstić information content (AvgIpc) is 2.13. The van der Waals surface area contributed by atoms with Crippen LogP contribution in [0.1, 0.15) is 42.3 Å². The highest BCUT2D eigenvalue weighted by Crippen LogP contribution is 2.19. The minimum Gasteiger partial charge on any atom is -0.444 e. The number of carbonyl (C=O) groups excluding carboxylic acids is 2. The van der Waals surface area contributed by atoms with Gasteiger partial charge in [0.2, 0.25) is 0 Å². The molecule has 0 saturated carbocycles. The Morgan fingerprint density at radius 1 is 1.22 bits per heavy atom. The van der Waals surface area contributed by atoms with E-state index in [1.165, 1.54) is 0 Å². The quantitative estimate of drug-likeness (QED) is 0.816. The van der Waals surface area contributed by atoms with Gasteiger partial charge in [-0.2, -0.15) is 0 Å². The zero-order valence-corrected chi connectivity index (χ0v) is 11.5. The molecule has 0 bridgehead atoms.